The number of rotatable bonds is 6. The zero-order valence-corrected chi connectivity index (χ0v) is 12.6. The molecule has 0 amide bonds. The molecular weight excluding hydrogens is 272 g/mol. The fourth-order valence-electron chi connectivity index (χ4n) is 2.31. The highest BCUT2D eigenvalue weighted by Gasteiger charge is 2.15. The van der Waals surface area contributed by atoms with Crippen LogP contribution in [0.4, 0.5) is 8.78 Å². The van der Waals surface area contributed by atoms with Crippen LogP contribution in [0.1, 0.15) is 44.1 Å². The summed E-state index contributed by atoms with van der Waals surface area (Å²) in [6.07, 6.45) is 2.52. The second-order valence-corrected chi connectivity index (χ2v) is 5.40. The Balaban J connectivity index is 2.21. The Kier molecular flexibility index (Phi) is 5.07. The van der Waals surface area contributed by atoms with E-state index < -0.39 is 11.6 Å². The van der Waals surface area contributed by atoms with Crippen molar-refractivity contribution in [1.29, 1.82) is 0 Å². The molecule has 114 valence electrons. The number of benzene rings is 1. The molecule has 1 N–H and O–H groups in total. The van der Waals surface area contributed by atoms with Gasteiger partial charge in [-0.15, -0.1) is 0 Å². The number of nitrogens with one attached hydrogen (secondary N) is 1. The van der Waals surface area contributed by atoms with Crippen LogP contribution in [0.2, 0.25) is 0 Å². The molecule has 5 heteroatoms. The number of hydrogen-bond donors (Lipinski definition) is 1. The zero-order valence-electron chi connectivity index (χ0n) is 12.6. The number of nitrogens with zero attached hydrogens (tertiary/aromatic N) is 2. The highest BCUT2D eigenvalue weighted by molar-refractivity contribution is 5.23. The maximum absolute atomic E-state index is 13.4. The standard InChI is InChI=1S/C16H21F2N3/c1-4-19-16(12-7-13(17)9-14(18)8-12)10-15-5-6-21(20-15)11(2)3/h5-9,11,16,19H,4,10H2,1-3H3. The number of likely N-dealkylation sites (N-methyl/N-ethyl adjacent to an activating group) is 1. The van der Waals surface area contributed by atoms with Crippen LogP contribution in [0.3, 0.4) is 0 Å². The maximum Gasteiger partial charge on any atom is 0.126 e. The largest absolute Gasteiger partial charge is 0.310 e. The van der Waals surface area contributed by atoms with Gasteiger partial charge in [0.2, 0.25) is 0 Å². The van der Waals surface area contributed by atoms with Gasteiger partial charge in [0.1, 0.15) is 11.6 Å². The number of halogens is 2. The topological polar surface area (TPSA) is 29.9 Å². The average molecular weight is 293 g/mol. The summed E-state index contributed by atoms with van der Waals surface area (Å²) in [6.45, 7) is 6.80. The van der Waals surface area contributed by atoms with E-state index in [4.69, 9.17) is 0 Å². The fraction of sp³-hybridized carbons (Fsp3) is 0.438. The Bertz CT molecular complexity index is 573. The van der Waals surface area contributed by atoms with Crippen molar-refractivity contribution >= 4 is 0 Å². The van der Waals surface area contributed by atoms with E-state index in [1.54, 1.807) is 0 Å². The van der Waals surface area contributed by atoms with Crippen LogP contribution in [0.25, 0.3) is 0 Å². The van der Waals surface area contributed by atoms with Gasteiger partial charge < -0.3 is 5.32 Å². The molecule has 0 radical (unpaired) electrons. The smallest absolute Gasteiger partial charge is 0.126 e. The van der Waals surface area contributed by atoms with Crippen LogP contribution in [0, 0.1) is 11.6 Å². The molecule has 0 aliphatic heterocycles. The van der Waals surface area contributed by atoms with Gasteiger partial charge in [-0.1, -0.05) is 6.92 Å². The minimum absolute atomic E-state index is 0.157. The van der Waals surface area contributed by atoms with E-state index >= 15 is 0 Å². The summed E-state index contributed by atoms with van der Waals surface area (Å²) >= 11 is 0. The van der Waals surface area contributed by atoms with Crippen molar-refractivity contribution in [3.05, 3.63) is 53.4 Å². The van der Waals surface area contributed by atoms with Gasteiger partial charge >= 0.3 is 0 Å². The summed E-state index contributed by atoms with van der Waals surface area (Å²) in [5.74, 6) is -1.11. The summed E-state index contributed by atoms with van der Waals surface area (Å²) in [7, 11) is 0. The lowest BCUT2D eigenvalue weighted by Crippen LogP contribution is -2.23. The summed E-state index contributed by atoms with van der Waals surface area (Å²) < 4.78 is 28.7. The molecule has 1 atom stereocenters. The van der Waals surface area contributed by atoms with Gasteiger partial charge in [-0.2, -0.15) is 5.10 Å². The average Bonchev–Trinajstić information content (AvgIpc) is 2.86. The van der Waals surface area contributed by atoms with Gasteiger partial charge in [0, 0.05) is 30.8 Å². The molecular formula is C16H21F2N3. The molecule has 0 saturated heterocycles. The van der Waals surface area contributed by atoms with E-state index in [1.807, 2.05) is 23.9 Å². The molecule has 1 heterocycles. The molecule has 21 heavy (non-hydrogen) atoms. The number of aromatic nitrogens is 2. The monoisotopic (exact) mass is 293 g/mol. The van der Waals surface area contributed by atoms with Crippen LogP contribution < -0.4 is 5.32 Å². The van der Waals surface area contributed by atoms with E-state index in [9.17, 15) is 8.78 Å². The third-order valence-electron chi connectivity index (χ3n) is 3.34. The maximum atomic E-state index is 13.4. The fourth-order valence-corrected chi connectivity index (χ4v) is 2.31. The Morgan fingerprint density at radius 3 is 2.38 bits per heavy atom. The Labute approximate surface area is 124 Å². The predicted octanol–water partition coefficient (Wildman–Crippen LogP) is 3.64. The minimum Gasteiger partial charge on any atom is -0.310 e. The molecule has 0 aliphatic rings. The second kappa shape index (κ2) is 6.80. The zero-order chi connectivity index (χ0) is 15.4. The van der Waals surface area contributed by atoms with Crippen molar-refractivity contribution in [2.75, 3.05) is 6.54 Å². The first-order valence-electron chi connectivity index (χ1n) is 7.23. The van der Waals surface area contributed by atoms with Crippen LogP contribution in [-0.2, 0) is 6.42 Å². The molecule has 0 fully saturated rings. The highest BCUT2D eigenvalue weighted by atomic mass is 19.1. The highest BCUT2D eigenvalue weighted by Crippen LogP contribution is 2.20. The van der Waals surface area contributed by atoms with Crippen molar-refractivity contribution in [1.82, 2.24) is 15.1 Å². The van der Waals surface area contributed by atoms with Gasteiger partial charge in [0.15, 0.2) is 0 Å². The van der Waals surface area contributed by atoms with Gasteiger partial charge in [0.25, 0.3) is 0 Å². The summed E-state index contributed by atoms with van der Waals surface area (Å²) in [4.78, 5) is 0. The molecule has 0 spiro atoms. The molecule has 0 bridgehead atoms. The van der Waals surface area contributed by atoms with Crippen molar-refractivity contribution in [2.45, 2.75) is 39.3 Å². The van der Waals surface area contributed by atoms with Crippen LogP contribution >= 0.6 is 0 Å². The molecule has 3 nitrogen and oxygen atoms in total. The quantitative estimate of drug-likeness (QED) is 0.881. The van der Waals surface area contributed by atoms with E-state index in [0.29, 0.717) is 24.6 Å². The summed E-state index contributed by atoms with van der Waals surface area (Å²) in [5, 5.41) is 7.75. The third kappa shape index (κ3) is 4.11. The first-order valence-corrected chi connectivity index (χ1v) is 7.23. The molecule has 2 aromatic rings. The van der Waals surface area contributed by atoms with Gasteiger partial charge in [0.05, 0.1) is 5.69 Å². The summed E-state index contributed by atoms with van der Waals surface area (Å²) in [6, 6.07) is 5.71. The molecule has 0 aliphatic carbocycles. The van der Waals surface area contributed by atoms with E-state index in [-0.39, 0.29) is 6.04 Å². The van der Waals surface area contributed by atoms with Crippen molar-refractivity contribution in [3.8, 4) is 0 Å². The molecule has 1 unspecified atom stereocenters. The Hall–Kier alpha value is -1.75. The number of hydrogen-bond acceptors (Lipinski definition) is 2. The van der Waals surface area contributed by atoms with Crippen LogP contribution in [0.5, 0.6) is 0 Å². The van der Waals surface area contributed by atoms with Crippen molar-refractivity contribution in [3.63, 3.8) is 0 Å². The Morgan fingerprint density at radius 2 is 1.86 bits per heavy atom. The van der Waals surface area contributed by atoms with E-state index in [1.165, 1.54) is 12.1 Å². The molecule has 0 saturated carbocycles. The first-order chi connectivity index (χ1) is 9.99. The van der Waals surface area contributed by atoms with Crippen molar-refractivity contribution in [2.24, 2.45) is 0 Å². The SMILES string of the molecule is CCNC(Cc1ccn(C(C)C)n1)c1cc(F)cc(F)c1. The molecule has 1 aromatic heterocycles. The minimum atomic E-state index is -0.555. The third-order valence-corrected chi connectivity index (χ3v) is 3.34. The lowest BCUT2D eigenvalue weighted by atomic mass is 10.0. The molecule has 2 rings (SSSR count). The second-order valence-electron chi connectivity index (χ2n) is 5.40. The van der Waals surface area contributed by atoms with Gasteiger partial charge in [-0.25, -0.2) is 8.78 Å². The van der Waals surface area contributed by atoms with Gasteiger partial charge in [-0.3, -0.25) is 4.68 Å². The normalized spacial score (nSPS) is 12.9. The van der Waals surface area contributed by atoms with Gasteiger partial charge in [-0.05, 0) is 44.2 Å². The van der Waals surface area contributed by atoms with E-state index in [2.05, 4.69) is 24.3 Å². The first kappa shape index (κ1) is 15.6. The van der Waals surface area contributed by atoms with E-state index in [0.717, 1.165) is 11.8 Å². The Morgan fingerprint density at radius 1 is 1.19 bits per heavy atom. The van der Waals surface area contributed by atoms with Crippen molar-refractivity contribution < 1.29 is 8.78 Å². The van der Waals surface area contributed by atoms with Crippen LogP contribution in [-0.4, -0.2) is 16.3 Å². The lowest BCUT2D eigenvalue weighted by molar-refractivity contribution is 0.501. The summed E-state index contributed by atoms with van der Waals surface area (Å²) in [5.41, 5.74) is 1.51. The van der Waals surface area contributed by atoms with Crippen LogP contribution in [0.15, 0.2) is 30.5 Å². The molecule has 1 aromatic carbocycles. The predicted molar refractivity (Wildman–Crippen MR) is 79.1 cm³/mol. The lowest BCUT2D eigenvalue weighted by Gasteiger charge is -2.17.